The number of hydrogen-bond acceptors (Lipinski definition) is 7. The second-order valence-corrected chi connectivity index (χ2v) is 10.8. The zero-order valence-corrected chi connectivity index (χ0v) is 23.9. The molecule has 12 nitrogen and oxygen atoms in total. The number of amides is 3. The molecule has 41 heavy (non-hydrogen) atoms. The highest BCUT2D eigenvalue weighted by molar-refractivity contribution is 5.88. The third-order valence-corrected chi connectivity index (χ3v) is 7.20. The first kappa shape index (κ1) is 30.1. The number of benzene rings is 1. The summed E-state index contributed by atoms with van der Waals surface area (Å²) >= 11 is 0. The molecule has 4 rings (SSSR count). The largest absolute Gasteiger partial charge is 0.476 e. The predicted octanol–water partition coefficient (Wildman–Crippen LogP) is 3.77. The van der Waals surface area contributed by atoms with Gasteiger partial charge >= 0.3 is 12.0 Å². The molecular weight excluding hydrogens is 530 g/mol. The molecular formula is C29H39N5O7. The van der Waals surface area contributed by atoms with E-state index >= 15 is 0 Å². The van der Waals surface area contributed by atoms with Crippen LogP contribution in [0, 0.1) is 12.8 Å². The number of aromatic carboxylic acids is 1. The summed E-state index contributed by atoms with van der Waals surface area (Å²) in [6, 6.07) is 5.86. The number of ether oxygens (including phenoxy) is 2. The SMILES string of the molecule is COCOC1CCN(C(=O)N[C@@H](CC(C)C)C(=O)N[C@H](Cc2c[nH]c3ccccc23)c2nc(C(=O)O)c(C)o2)CC1. The van der Waals surface area contributed by atoms with Gasteiger partial charge in [-0.25, -0.2) is 14.6 Å². The van der Waals surface area contributed by atoms with E-state index in [0.29, 0.717) is 38.8 Å². The number of rotatable bonds is 12. The van der Waals surface area contributed by atoms with E-state index in [1.54, 1.807) is 12.0 Å². The van der Waals surface area contributed by atoms with Gasteiger partial charge < -0.3 is 39.5 Å². The van der Waals surface area contributed by atoms with Crippen molar-refractivity contribution in [3.05, 3.63) is 53.4 Å². The maximum Gasteiger partial charge on any atom is 0.358 e. The maximum atomic E-state index is 13.7. The summed E-state index contributed by atoms with van der Waals surface area (Å²) in [7, 11) is 1.57. The minimum Gasteiger partial charge on any atom is -0.476 e. The van der Waals surface area contributed by atoms with E-state index in [-0.39, 0.29) is 42.2 Å². The standard InChI is InChI=1S/C29H39N5O7/c1-17(2)13-23(32-29(38)34-11-9-20(10-12-34)40-16-39-4)26(35)31-24(27-33-25(28(36)37)18(3)41-27)14-19-15-30-22-8-6-5-7-21(19)22/h5-8,15,17,20,23-24,30H,9-14,16H2,1-4H3,(H,31,35)(H,32,38)(H,36,37)/t23-,24+/m0/s1. The molecule has 1 aliphatic rings. The molecule has 0 spiro atoms. The van der Waals surface area contributed by atoms with Crippen LogP contribution in [0.1, 0.15) is 66.9 Å². The molecule has 222 valence electrons. The molecule has 1 saturated heterocycles. The molecule has 0 aliphatic carbocycles. The minimum absolute atomic E-state index is 0.0268. The van der Waals surface area contributed by atoms with Gasteiger partial charge in [-0.2, -0.15) is 0 Å². The number of urea groups is 1. The van der Waals surface area contributed by atoms with Crippen molar-refractivity contribution in [1.82, 2.24) is 25.5 Å². The Morgan fingerprint density at radius 3 is 2.59 bits per heavy atom. The van der Waals surface area contributed by atoms with Gasteiger partial charge in [-0.15, -0.1) is 0 Å². The monoisotopic (exact) mass is 569 g/mol. The summed E-state index contributed by atoms with van der Waals surface area (Å²) < 4.78 is 16.3. The van der Waals surface area contributed by atoms with Crippen LogP contribution < -0.4 is 10.6 Å². The van der Waals surface area contributed by atoms with Crippen LogP contribution in [0.15, 0.2) is 34.9 Å². The summed E-state index contributed by atoms with van der Waals surface area (Å²) in [5.41, 5.74) is 1.63. The lowest BCUT2D eigenvalue weighted by Gasteiger charge is -2.33. The number of nitrogens with one attached hydrogen (secondary N) is 3. The summed E-state index contributed by atoms with van der Waals surface area (Å²) in [6.45, 7) is 6.71. The molecule has 0 bridgehead atoms. The number of piperidine rings is 1. The van der Waals surface area contributed by atoms with E-state index in [9.17, 15) is 19.5 Å². The molecule has 0 unspecified atom stereocenters. The van der Waals surface area contributed by atoms with Crippen LogP contribution in [-0.2, 0) is 20.7 Å². The highest BCUT2D eigenvalue weighted by atomic mass is 16.7. The Bertz CT molecular complexity index is 1340. The second kappa shape index (κ2) is 13.6. The molecule has 1 aliphatic heterocycles. The smallest absolute Gasteiger partial charge is 0.358 e. The third-order valence-electron chi connectivity index (χ3n) is 7.20. The third kappa shape index (κ3) is 7.65. The number of likely N-dealkylation sites (tertiary alicyclic amines) is 1. The number of H-pyrrole nitrogens is 1. The fraction of sp³-hybridized carbons (Fsp3) is 0.517. The number of para-hydroxylation sites is 1. The quantitative estimate of drug-likeness (QED) is 0.240. The fourth-order valence-electron chi connectivity index (χ4n) is 5.09. The van der Waals surface area contributed by atoms with Crippen LogP contribution in [0.25, 0.3) is 10.9 Å². The molecule has 3 heterocycles. The highest BCUT2D eigenvalue weighted by Crippen LogP contribution is 2.26. The van der Waals surface area contributed by atoms with Crippen LogP contribution in [0.5, 0.6) is 0 Å². The number of aromatic amines is 1. The Labute approximate surface area is 238 Å². The van der Waals surface area contributed by atoms with Crippen LogP contribution >= 0.6 is 0 Å². The number of carbonyl (C=O) groups is 3. The molecule has 1 aromatic carbocycles. The number of carboxylic acid groups (broad SMARTS) is 1. The van der Waals surface area contributed by atoms with Gasteiger partial charge in [-0.05, 0) is 43.7 Å². The molecule has 0 saturated carbocycles. The van der Waals surface area contributed by atoms with Crippen molar-refractivity contribution in [1.29, 1.82) is 0 Å². The predicted molar refractivity (Wildman–Crippen MR) is 150 cm³/mol. The number of aromatic nitrogens is 2. The maximum absolute atomic E-state index is 13.7. The molecule has 3 aromatic rings. The number of carboxylic acids is 1. The van der Waals surface area contributed by atoms with Gasteiger partial charge in [0.2, 0.25) is 11.8 Å². The Morgan fingerprint density at radius 2 is 1.93 bits per heavy atom. The normalized spacial score (nSPS) is 15.7. The average molecular weight is 570 g/mol. The Kier molecular flexibility index (Phi) is 10.0. The molecule has 2 aromatic heterocycles. The van der Waals surface area contributed by atoms with Crippen molar-refractivity contribution in [2.24, 2.45) is 5.92 Å². The lowest BCUT2D eigenvalue weighted by atomic mass is 10.0. The van der Waals surface area contributed by atoms with E-state index < -0.39 is 24.0 Å². The van der Waals surface area contributed by atoms with Gasteiger partial charge in [0.15, 0.2) is 5.69 Å². The minimum atomic E-state index is -1.21. The first-order chi connectivity index (χ1) is 19.7. The average Bonchev–Trinajstić information content (AvgIpc) is 3.54. The first-order valence-corrected chi connectivity index (χ1v) is 13.9. The van der Waals surface area contributed by atoms with E-state index in [0.717, 1.165) is 16.5 Å². The Balaban J connectivity index is 1.52. The lowest BCUT2D eigenvalue weighted by molar-refractivity contribution is -0.124. The number of oxazole rings is 1. The van der Waals surface area contributed by atoms with Gasteiger partial charge in [0.05, 0.1) is 6.10 Å². The summed E-state index contributed by atoms with van der Waals surface area (Å²) in [4.78, 5) is 47.6. The van der Waals surface area contributed by atoms with Crippen molar-refractivity contribution in [2.75, 3.05) is 27.0 Å². The number of nitrogens with zero attached hydrogens (tertiary/aromatic N) is 2. The van der Waals surface area contributed by atoms with Crippen LogP contribution in [0.3, 0.4) is 0 Å². The zero-order chi connectivity index (χ0) is 29.5. The number of aryl methyl sites for hydroxylation is 1. The fourth-order valence-corrected chi connectivity index (χ4v) is 5.09. The van der Waals surface area contributed by atoms with E-state index in [4.69, 9.17) is 13.9 Å². The number of carbonyl (C=O) groups excluding carboxylic acids is 2. The van der Waals surface area contributed by atoms with E-state index in [1.165, 1.54) is 6.92 Å². The summed E-state index contributed by atoms with van der Waals surface area (Å²) in [6.07, 6.45) is 3.95. The first-order valence-electron chi connectivity index (χ1n) is 13.9. The van der Waals surface area contributed by atoms with Crippen molar-refractivity contribution in [3.8, 4) is 0 Å². The molecule has 4 N–H and O–H groups in total. The Morgan fingerprint density at radius 1 is 1.20 bits per heavy atom. The van der Waals surface area contributed by atoms with Crippen molar-refractivity contribution >= 4 is 28.8 Å². The highest BCUT2D eigenvalue weighted by Gasteiger charge is 2.31. The molecule has 12 heteroatoms. The number of hydrogen-bond donors (Lipinski definition) is 4. The van der Waals surface area contributed by atoms with Crippen molar-refractivity contribution in [3.63, 3.8) is 0 Å². The van der Waals surface area contributed by atoms with Crippen LogP contribution in [0.4, 0.5) is 4.79 Å². The second-order valence-electron chi connectivity index (χ2n) is 10.8. The molecule has 3 amide bonds. The van der Waals surface area contributed by atoms with Crippen molar-refractivity contribution in [2.45, 2.75) is 64.6 Å². The molecule has 2 atom stereocenters. The number of fused-ring (bicyclic) bond motifs is 1. The summed E-state index contributed by atoms with van der Waals surface area (Å²) in [5, 5.41) is 16.4. The molecule has 0 radical (unpaired) electrons. The van der Waals surface area contributed by atoms with Gasteiger partial charge in [0.1, 0.15) is 24.6 Å². The van der Waals surface area contributed by atoms with E-state index in [2.05, 4.69) is 20.6 Å². The molecule has 1 fully saturated rings. The summed E-state index contributed by atoms with van der Waals surface area (Å²) in [5.74, 6) is -1.25. The zero-order valence-electron chi connectivity index (χ0n) is 23.9. The van der Waals surface area contributed by atoms with Crippen molar-refractivity contribution < 1.29 is 33.4 Å². The van der Waals surface area contributed by atoms with Crippen LogP contribution in [-0.4, -0.2) is 77.0 Å². The van der Waals surface area contributed by atoms with Gasteiger partial charge in [-0.3, -0.25) is 4.79 Å². The van der Waals surface area contributed by atoms with Gasteiger partial charge in [0, 0.05) is 43.7 Å². The van der Waals surface area contributed by atoms with E-state index in [1.807, 2.05) is 44.3 Å². The van der Waals surface area contributed by atoms with Crippen LogP contribution in [0.2, 0.25) is 0 Å². The topological polar surface area (TPSA) is 159 Å². The van der Waals surface area contributed by atoms with Gasteiger partial charge in [-0.1, -0.05) is 32.0 Å². The Hall–Kier alpha value is -3.90. The lowest BCUT2D eigenvalue weighted by Crippen LogP contribution is -2.54. The number of methoxy groups -OCH3 is 1. The van der Waals surface area contributed by atoms with Gasteiger partial charge in [0.25, 0.3) is 0 Å².